The van der Waals surface area contributed by atoms with Crippen molar-refractivity contribution in [3.8, 4) is 0 Å². The second kappa shape index (κ2) is 5.25. The third-order valence-electron chi connectivity index (χ3n) is 3.65. The summed E-state index contributed by atoms with van der Waals surface area (Å²) < 4.78 is 0. The maximum absolute atomic E-state index is 3.28. The van der Waals surface area contributed by atoms with Gasteiger partial charge in [-0.2, -0.15) is 0 Å². The minimum atomic E-state index is 0.239. The van der Waals surface area contributed by atoms with Crippen molar-refractivity contribution in [1.82, 2.24) is 15.1 Å². The number of nitrogens with zero attached hydrogens (tertiary/aromatic N) is 2. The van der Waals surface area contributed by atoms with E-state index < -0.39 is 0 Å². The average molecular weight is 241 g/mol. The third-order valence-corrected chi connectivity index (χ3v) is 3.65. The summed E-state index contributed by atoms with van der Waals surface area (Å²) in [6.45, 7) is 15.2. The van der Waals surface area contributed by atoms with Gasteiger partial charge in [-0.3, -0.25) is 4.90 Å². The Morgan fingerprint density at radius 2 is 1.88 bits per heavy atom. The second-order valence-electron chi connectivity index (χ2n) is 7.10. The molecule has 1 aliphatic rings. The van der Waals surface area contributed by atoms with Gasteiger partial charge in [0.05, 0.1) is 0 Å². The highest BCUT2D eigenvalue weighted by Crippen LogP contribution is 2.33. The second-order valence-corrected chi connectivity index (χ2v) is 7.10. The molecule has 0 aliphatic carbocycles. The Kier molecular flexibility index (Phi) is 4.61. The van der Waals surface area contributed by atoms with Crippen molar-refractivity contribution >= 4 is 0 Å². The van der Waals surface area contributed by atoms with E-state index in [9.17, 15) is 0 Å². The largest absolute Gasteiger partial charge is 0.320 e. The Balaban J connectivity index is 2.89. The van der Waals surface area contributed by atoms with Crippen LogP contribution in [-0.2, 0) is 0 Å². The van der Waals surface area contributed by atoms with Gasteiger partial charge in [-0.15, -0.1) is 0 Å². The lowest BCUT2D eigenvalue weighted by Gasteiger charge is -2.57. The molecule has 0 bridgehead atoms. The van der Waals surface area contributed by atoms with Crippen molar-refractivity contribution in [2.45, 2.75) is 58.2 Å². The normalized spacial score (nSPS) is 27.4. The molecule has 1 N–H and O–H groups in total. The molecule has 1 heterocycles. The van der Waals surface area contributed by atoms with Crippen LogP contribution >= 0.6 is 0 Å². The molecule has 1 saturated heterocycles. The van der Waals surface area contributed by atoms with Crippen LogP contribution in [0.25, 0.3) is 0 Å². The van der Waals surface area contributed by atoms with Gasteiger partial charge in [0.2, 0.25) is 0 Å². The predicted octanol–water partition coefficient (Wildman–Crippen LogP) is 1.79. The van der Waals surface area contributed by atoms with E-state index in [0.29, 0.717) is 6.04 Å². The van der Waals surface area contributed by atoms with E-state index >= 15 is 0 Å². The highest BCUT2D eigenvalue weighted by atomic mass is 15.4. The summed E-state index contributed by atoms with van der Waals surface area (Å²) in [6, 6.07) is 0.649. The van der Waals surface area contributed by atoms with E-state index in [1.165, 1.54) is 13.0 Å². The van der Waals surface area contributed by atoms with Gasteiger partial charge < -0.3 is 10.2 Å². The van der Waals surface area contributed by atoms with Gasteiger partial charge in [0, 0.05) is 30.2 Å². The highest BCUT2D eigenvalue weighted by Gasteiger charge is 2.43. The molecule has 0 aromatic rings. The Morgan fingerprint density at radius 1 is 1.29 bits per heavy atom. The zero-order chi connectivity index (χ0) is 13.3. The van der Waals surface area contributed by atoms with Crippen molar-refractivity contribution in [1.29, 1.82) is 0 Å². The van der Waals surface area contributed by atoms with Crippen LogP contribution in [0.15, 0.2) is 0 Å². The number of piperazine rings is 1. The number of hydrogen-bond donors (Lipinski definition) is 1. The molecule has 0 aromatic carbocycles. The van der Waals surface area contributed by atoms with Gasteiger partial charge in [-0.1, -0.05) is 0 Å². The summed E-state index contributed by atoms with van der Waals surface area (Å²) in [6.07, 6.45) is 1.22. The third kappa shape index (κ3) is 3.67. The molecule has 1 rings (SSSR count). The number of rotatable bonds is 3. The van der Waals surface area contributed by atoms with Gasteiger partial charge in [0.15, 0.2) is 0 Å². The lowest BCUT2D eigenvalue weighted by molar-refractivity contribution is -0.0751. The molecule has 102 valence electrons. The molecule has 3 heteroatoms. The van der Waals surface area contributed by atoms with Crippen LogP contribution in [0.3, 0.4) is 0 Å². The van der Waals surface area contributed by atoms with Crippen LogP contribution in [0.2, 0.25) is 0 Å². The van der Waals surface area contributed by atoms with E-state index in [1.807, 2.05) is 7.05 Å². The lowest BCUT2D eigenvalue weighted by atomic mass is 9.87. The Labute approximate surface area is 108 Å². The summed E-state index contributed by atoms with van der Waals surface area (Å²) in [5.74, 6) is 0. The molecule has 1 fully saturated rings. The van der Waals surface area contributed by atoms with Gasteiger partial charge in [-0.25, -0.2) is 0 Å². The summed E-state index contributed by atoms with van der Waals surface area (Å²) >= 11 is 0. The molecule has 1 unspecified atom stereocenters. The van der Waals surface area contributed by atoms with Crippen LogP contribution in [-0.4, -0.2) is 60.6 Å². The smallest absolute Gasteiger partial charge is 0.0288 e. The first-order valence-corrected chi connectivity index (χ1v) is 6.81. The first kappa shape index (κ1) is 14.9. The number of nitrogens with one attached hydrogen (secondary N) is 1. The maximum Gasteiger partial charge on any atom is 0.0288 e. The van der Waals surface area contributed by atoms with Crippen molar-refractivity contribution in [2.24, 2.45) is 0 Å². The van der Waals surface area contributed by atoms with Crippen molar-refractivity contribution in [2.75, 3.05) is 33.7 Å². The summed E-state index contributed by atoms with van der Waals surface area (Å²) in [5.41, 5.74) is 0.493. The van der Waals surface area contributed by atoms with Crippen molar-refractivity contribution in [3.05, 3.63) is 0 Å². The Bertz CT molecular complexity index is 242. The van der Waals surface area contributed by atoms with Gasteiger partial charge >= 0.3 is 0 Å². The fourth-order valence-electron chi connectivity index (χ4n) is 3.72. The highest BCUT2D eigenvalue weighted by molar-refractivity contribution is 5.00. The first-order chi connectivity index (χ1) is 7.68. The Morgan fingerprint density at radius 3 is 2.35 bits per heavy atom. The number of hydrogen-bond acceptors (Lipinski definition) is 3. The van der Waals surface area contributed by atoms with Gasteiger partial charge in [0.25, 0.3) is 0 Å². The first-order valence-electron chi connectivity index (χ1n) is 6.81. The molecule has 1 atom stereocenters. The van der Waals surface area contributed by atoms with E-state index in [4.69, 9.17) is 0 Å². The molecule has 0 radical (unpaired) electrons. The van der Waals surface area contributed by atoms with E-state index in [1.54, 1.807) is 0 Å². The monoisotopic (exact) mass is 241 g/mol. The average Bonchev–Trinajstić information content (AvgIpc) is 2.08. The van der Waals surface area contributed by atoms with E-state index in [0.717, 1.165) is 13.1 Å². The predicted molar refractivity (Wildman–Crippen MR) is 75.5 cm³/mol. The fourth-order valence-corrected chi connectivity index (χ4v) is 3.72. The lowest BCUT2D eigenvalue weighted by Crippen LogP contribution is -2.68. The van der Waals surface area contributed by atoms with Crippen LogP contribution in [0.4, 0.5) is 0 Å². The quantitative estimate of drug-likeness (QED) is 0.813. The van der Waals surface area contributed by atoms with Gasteiger partial charge in [-0.05, 0) is 61.7 Å². The van der Waals surface area contributed by atoms with Gasteiger partial charge in [0.1, 0.15) is 0 Å². The summed E-state index contributed by atoms with van der Waals surface area (Å²) in [7, 11) is 4.28. The Hall–Kier alpha value is -0.120. The topological polar surface area (TPSA) is 18.5 Å². The molecule has 0 amide bonds. The maximum atomic E-state index is 3.28. The SMILES string of the molecule is CNCCC1CN(C)CC(C)(C)N1C(C)(C)C. The van der Waals surface area contributed by atoms with Crippen molar-refractivity contribution < 1.29 is 0 Å². The molecule has 17 heavy (non-hydrogen) atoms. The summed E-state index contributed by atoms with van der Waals surface area (Å²) in [5, 5.41) is 3.28. The van der Waals surface area contributed by atoms with Crippen LogP contribution in [0.1, 0.15) is 41.0 Å². The zero-order valence-corrected chi connectivity index (χ0v) is 12.8. The molecule has 3 nitrogen and oxygen atoms in total. The van der Waals surface area contributed by atoms with Crippen LogP contribution in [0.5, 0.6) is 0 Å². The van der Waals surface area contributed by atoms with Crippen molar-refractivity contribution in [3.63, 3.8) is 0 Å². The van der Waals surface area contributed by atoms with Crippen LogP contribution in [0, 0.1) is 0 Å². The molecule has 1 aliphatic heterocycles. The van der Waals surface area contributed by atoms with E-state index in [2.05, 4.69) is 56.8 Å². The van der Waals surface area contributed by atoms with E-state index in [-0.39, 0.29) is 11.1 Å². The fraction of sp³-hybridized carbons (Fsp3) is 1.00. The minimum absolute atomic E-state index is 0.239. The molecule has 0 aromatic heterocycles. The van der Waals surface area contributed by atoms with Crippen LogP contribution < -0.4 is 5.32 Å². The molecule has 0 saturated carbocycles. The minimum Gasteiger partial charge on any atom is -0.320 e. The molecular weight excluding hydrogens is 210 g/mol. The zero-order valence-electron chi connectivity index (χ0n) is 12.8. The number of likely N-dealkylation sites (N-methyl/N-ethyl adjacent to an activating group) is 1. The summed E-state index contributed by atoms with van der Waals surface area (Å²) in [4.78, 5) is 5.19. The molecular formula is C14H31N3. The standard InChI is InChI=1S/C14H31N3/c1-13(2,3)17-12(8-9-15-6)10-16(7)11-14(17,4)5/h12,15H,8-11H2,1-7H3. The molecule has 0 spiro atoms.